The Kier molecular flexibility index (Phi) is 3.24. The van der Waals surface area contributed by atoms with Gasteiger partial charge in [0, 0.05) is 29.0 Å². The maximum atomic E-state index is 14.0. The van der Waals surface area contributed by atoms with Crippen molar-refractivity contribution in [2.75, 3.05) is 5.32 Å². The third-order valence-corrected chi connectivity index (χ3v) is 3.84. The number of aromatic nitrogens is 3. The molecule has 0 unspecified atom stereocenters. The van der Waals surface area contributed by atoms with Crippen LogP contribution in [0.4, 0.5) is 15.9 Å². The molecule has 1 aromatic carbocycles. The second-order valence-corrected chi connectivity index (χ2v) is 5.40. The predicted molar refractivity (Wildman–Crippen MR) is 90.0 cm³/mol. The van der Waals surface area contributed by atoms with Gasteiger partial charge in [-0.05, 0) is 36.4 Å². The number of aromatic amines is 1. The predicted octanol–water partition coefficient (Wildman–Crippen LogP) is 2.76. The molecule has 0 bridgehead atoms. The van der Waals surface area contributed by atoms with Crippen molar-refractivity contribution in [3.63, 3.8) is 0 Å². The standard InChI is InChI=1S/C17H11FN4O3/c18-11-2-1-7-22-15(11)21-14(13(16(22)23)17(24)25)20-10-3-4-12-9(8-10)5-6-19-12/h1-8,19-20H,(H,24,25). The van der Waals surface area contributed by atoms with Gasteiger partial charge in [0.25, 0.3) is 5.56 Å². The first kappa shape index (κ1) is 14.9. The zero-order valence-electron chi connectivity index (χ0n) is 12.7. The van der Waals surface area contributed by atoms with Gasteiger partial charge in [-0.2, -0.15) is 0 Å². The first-order valence-electron chi connectivity index (χ1n) is 7.33. The molecule has 4 rings (SSSR count). The van der Waals surface area contributed by atoms with Crippen molar-refractivity contribution in [3.8, 4) is 0 Å². The van der Waals surface area contributed by atoms with Crippen LogP contribution in [-0.2, 0) is 0 Å². The van der Waals surface area contributed by atoms with E-state index in [0.29, 0.717) is 5.69 Å². The summed E-state index contributed by atoms with van der Waals surface area (Å²) in [7, 11) is 0. The summed E-state index contributed by atoms with van der Waals surface area (Å²) >= 11 is 0. The van der Waals surface area contributed by atoms with E-state index in [4.69, 9.17) is 0 Å². The number of halogens is 1. The van der Waals surface area contributed by atoms with Crippen LogP contribution in [-0.4, -0.2) is 25.4 Å². The number of carboxylic acids is 1. The molecule has 0 saturated carbocycles. The number of fused-ring (bicyclic) bond motifs is 2. The van der Waals surface area contributed by atoms with Gasteiger partial charge in [0.1, 0.15) is 0 Å². The molecule has 0 saturated heterocycles. The van der Waals surface area contributed by atoms with E-state index in [0.717, 1.165) is 21.4 Å². The molecule has 8 heteroatoms. The molecule has 7 nitrogen and oxygen atoms in total. The molecule has 0 aliphatic carbocycles. The molecule has 3 heterocycles. The average molecular weight is 338 g/mol. The summed E-state index contributed by atoms with van der Waals surface area (Å²) in [6.07, 6.45) is 3.04. The number of carboxylic acid groups (broad SMARTS) is 1. The minimum absolute atomic E-state index is 0.211. The van der Waals surface area contributed by atoms with Crippen LogP contribution < -0.4 is 10.9 Å². The Morgan fingerprint density at radius 3 is 2.92 bits per heavy atom. The van der Waals surface area contributed by atoms with E-state index in [9.17, 15) is 19.1 Å². The highest BCUT2D eigenvalue weighted by Gasteiger charge is 2.20. The fourth-order valence-corrected chi connectivity index (χ4v) is 2.68. The van der Waals surface area contributed by atoms with Gasteiger partial charge in [0.05, 0.1) is 0 Å². The van der Waals surface area contributed by atoms with Crippen LogP contribution in [0.3, 0.4) is 0 Å². The Morgan fingerprint density at radius 2 is 2.12 bits per heavy atom. The number of nitrogens with one attached hydrogen (secondary N) is 2. The molecular weight excluding hydrogens is 327 g/mol. The summed E-state index contributed by atoms with van der Waals surface area (Å²) in [6, 6.07) is 9.58. The highest BCUT2D eigenvalue weighted by atomic mass is 19.1. The average Bonchev–Trinajstić information content (AvgIpc) is 3.03. The van der Waals surface area contributed by atoms with Crippen molar-refractivity contribution in [1.29, 1.82) is 0 Å². The second-order valence-electron chi connectivity index (χ2n) is 5.40. The Morgan fingerprint density at radius 1 is 1.28 bits per heavy atom. The van der Waals surface area contributed by atoms with E-state index in [1.807, 2.05) is 6.07 Å². The topological polar surface area (TPSA) is 99.5 Å². The second kappa shape index (κ2) is 5.45. The summed E-state index contributed by atoms with van der Waals surface area (Å²) in [6.45, 7) is 0. The summed E-state index contributed by atoms with van der Waals surface area (Å²) in [5.74, 6) is -2.38. The molecule has 4 aromatic rings. The van der Waals surface area contributed by atoms with Crippen molar-refractivity contribution in [1.82, 2.24) is 14.4 Å². The van der Waals surface area contributed by atoms with E-state index in [2.05, 4.69) is 15.3 Å². The zero-order valence-corrected chi connectivity index (χ0v) is 12.7. The van der Waals surface area contributed by atoms with Crippen molar-refractivity contribution < 1.29 is 14.3 Å². The summed E-state index contributed by atoms with van der Waals surface area (Å²) in [5.41, 5.74) is -0.231. The lowest BCUT2D eigenvalue weighted by atomic mass is 10.2. The molecular formula is C17H11FN4O3. The Bertz CT molecular complexity index is 1200. The first-order chi connectivity index (χ1) is 12.0. The quantitative estimate of drug-likeness (QED) is 0.533. The molecule has 124 valence electrons. The van der Waals surface area contributed by atoms with Crippen molar-refractivity contribution in [3.05, 3.63) is 70.5 Å². The normalized spacial score (nSPS) is 11.1. The van der Waals surface area contributed by atoms with Crippen molar-refractivity contribution in [2.24, 2.45) is 0 Å². The first-order valence-corrected chi connectivity index (χ1v) is 7.33. The minimum Gasteiger partial charge on any atom is -0.477 e. The number of rotatable bonds is 3. The highest BCUT2D eigenvalue weighted by molar-refractivity contribution is 5.94. The monoisotopic (exact) mass is 338 g/mol. The van der Waals surface area contributed by atoms with Gasteiger partial charge >= 0.3 is 5.97 Å². The Labute approximate surface area is 139 Å². The highest BCUT2D eigenvalue weighted by Crippen LogP contribution is 2.22. The van der Waals surface area contributed by atoms with Crippen LogP contribution in [0.5, 0.6) is 0 Å². The number of anilines is 2. The maximum absolute atomic E-state index is 14.0. The summed E-state index contributed by atoms with van der Waals surface area (Å²) in [5, 5.41) is 13.1. The molecule has 3 N–H and O–H groups in total. The molecule has 0 amide bonds. The number of H-pyrrole nitrogens is 1. The smallest absolute Gasteiger partial charge is 0.345 e. The molecule has 0 fully saturated rings. The van der Waals surface area contributed by atoms with Crippen molar-refractivity contribution >= 4 is 34.0 Å². The maximum Gasteiger partial charge on any atom is 0.345 e. The Hall–Kier alpha value is -3.68. The van der Waals surface area contributed by atoms with Crippen molar-refractivity contribution in [2.45, 2.75) is 0 Å². The van der Waals surface area contributed by atoms with Crippen LogP contribution in [0, 0.1) is 5.82 Å². The molecule has 0 aliphatic heterocycles. The molecule has 0 atom stereocenters. The van der Waals surface area contributed by atoms with Gasteiger partial charge in [-0.1, -0.05) is 0 Å². The fourth-order valence-electron chi connectivity index (χ4n) is 2.68. The number of hydrogen-bond acceptors (Lipinski definition) is 4. The molecule has 0 aliphatic rings. The fraction of sp³-hybridized carbons (Fsp3) is 0. The number of carbonyl (C=O) groups is 1. The number of hydrogen-bond donors (Lipinski definition) is 3. The lowest BCUT2D eigenvalue weighted by molar-refractivity contribution is 0.0695. The SMILES string of the molecule is O=C(O)c1c(Nc2ccc3[nH]ccc3c2)nc2c(F)cccn2c1=O. The number of nitrogens with zero attached hydrogens (tertiary/aromatic N) is 2. The van der Waals surface area contributed by atoms with E-state index in [1.165, 1.54) is 12.3 Å². The van der Waals surface area contributed by atoms with Gasteiger partial charge in [0.15, 0.2) is 22.8 Å². The minimum atomic E-state index is -1.44. The van der Waals surface area contributed by atoms with Gasteiger partial charge < -0.3 is 15.4 Å². The lowest BCUT2D eigenvalue weighted by Crippen LogP contribution is -2.25. The van der Waals surface area contributed by atoms with E-state index < -0.39 is 22.9 Å². The zero-order chi connectivity index (χ0) is 17.6. The van der Waals surface area contributed by atoms with Crippen LogP contribution >= 0.6 is 0 Å². The number of pyridine rings is 1. The van der Waals surface area contributed by atoms with Crippen LogP contribution in [0.15, 0.2) is 53.6 Å². The number of benzene rings is 1. The van der Waals surface area contributed by atoms with Crippen LogP contribution in [0.1, 0.15) is 10.4 Å². The largest absolute Gasteiger partial charge is 0.477 e. The van der Waals surface area contributed by atoms with Crippen LogP contribution in [0.25, 0.3) is 16.6 Å². The third kappa shape index (κ3) is 2.40. The number of aromatic carboxylic acids is 1. The van der Waals surface area contributed by atoms with Gasteiger partial charge in [-0.25, -0.2) is 14.2 Å². The van der Waals surface area contributed by atoms with E-state index >= 15 is 0 Å². The van der Waals surface area contributed by atoms with E-state index in [-0.39, 0.29) is 11.5 Å². The van der Waals surface area contributed by atoms with E-state index in [1.54, 1.807) is 24.4 Å². The molecule has 0 spiro atoms. The Balaban J connectivity index is 1.93. The van der Waals surface area contributed by atoms with Gasteiger partial charge in [-0.3, -0.25) is 9.20 Å². The molecule has 25 heavy (non-hydrogen) atoms. The molecule has 3 aromatic heterocycles. The van der Waals surface area contributed by atoms with Crippen LogP contribution in [0.2, 0.25) is 0 Å². The molecule has 0 radical (unpaired) electrons. The third-order valence-electron chi connectivity index (χ3n) is 3.84. The lowest BCUT2D eigenvalue weighted by Gasteiger charge is -2.11. The summed E-state index contributed by atoms with van der Waals surface area (Å²) < 4.78 is 14.9. The van der Waals surface area contributed by atoms with Gasteiger partial charge in [0.2, 0.25) is 0 Å². The summed E-state index contributed by atoms with van der Waals surface area (Å²) in [4.78, 5) is 31.0. The van der Waals surface area contributed by atoms with Gasteiger partial charge in [-0.15, -0.1) is 0 Å².